The Labute approximate surface area is 269 Å². The largest absolute Gasteiger partial charge is 0.413 e. The lowest BCUT2D eigenvalue weighted by Crippen LogP contribution is -2.53. The van der Waals surface area contributed by atoms with Gasteiger partial charge in [-0.05, 0) is 88.3 Å². The van der Waals surface area contributed by atoms with Crippen LogP contribution in [0.25, 0.3) is 0 Å². The number of carbonyl (C=O) groups excluding carboxylic acids is 1. The standard InChI is InChI=1S/C37H68O4Si2/c1-26(22-27(2)23-28(3)24-29(4)30(5)25-39-43(16,17)36(8,9)10)18-19-34-32(7)35(41-37(11,12)40-34)31(6)33(38)20-21-42(13,14)15/h22,26,28-29,31-32,34-35H,5,18-19,23-25H2,1-4,6-17H3/b27-22+/t26-,28+,29-,31-,32-,34+,35+/m0/s1. The Morgan fingerprint density at radius 2 is 1.65 bits per heavy atom. The van der Waals surface area contributed by atoms with Gasteiger partial charge < -0.3 is 13.9 Å². The Morgan fingerprint density at radius 1 is 1.07 bits per heavy atom. The van der Waals surface area contributed by atoms with Crippen molar-refractivity contribution in [2.45, 2.75) is 158 Å². The minimum absolute atomic E-state index is 0.0159. The van der Waals surface area contributed by atoms with E-state index in [0.29, 0.717) is 24.4 Å². The van der Waals surface area contributed by atoms with Crippen LogP contribution < -0.4 is 0 Å². The molecule has 1 fully saturated rings. The Morgan fingerprint density at radius 3 is 2.19 bits per heavy atom. The average molecular weight is 633 g/mol. The lowest BCUT2D eigenvalue weighted by atomic mass is 9.83. The van der Waals surface area contributed by atoms with Crippen molar-refractivity contribution in [1.82, 2.24) is 0 Å². The summed E-state index contributed by atoms with van der Waals surface area (Å²) in [6, 6.07) is 0. The number of hydrogen-bond acceptors (Lipinski definition) is 4. The molecule has 0 radical (unpaired) electrons. The second kappa shape index (κ2) is 16.0. The molecule has 0 aliphatic carbocycles. The molecule has 248 valence electrons. The molecule has 4 nitrogen and oxygen atoms in total. The number of ketones is 1. The van der Waals surface area contributed by atoms with Crippen LogP contribution in [0.15, 0.2) is 23.8 Å². The summed E-state index contributed by atoms with van der Waals surface area (Å²) in [4.78, 5) is 13.0. The average Bonchev–Trinajstić information content (AvgIpc) is 2.84. The van der Waals surface area contributed by atoms with Crippen molar-refractivity contribution in [3.63, 3.8) is 0 Å². The van der Waals surface area contributed by atoms with Gasteiger partial charge in [0, 0.05) is 5.92 Å². The van der Waals surface area contributed by atoms with Crippen LogP contribution in [-0.2, 0) is 18.7 Å². The molecule has 0 aromatic carbocycles. The summed E-state index contributed by atoms with van der Waals surface area (Å²) in [5.41, 5.74) is 5.90. The maximum atomic E-state index is 13.0. The van der Waals surface area contributed by atoms with Crippen LogP contribution in [0.1, 0.15) is 102 Å². The highest BCUT2D eigenvalue weighted by Crippen LogP contribution is 2.38. The number of allylic oxidation sites excluding steroid dienone is 2. The first-order valence-electron chi connectivity index (χ1n) is 16.8. The number of Topliss-reactive ketones (excluding diaryl/α,β-unsaturated/α-hetero) is 1. The van der Waals surface area contributed by atoms with Crippen molar-refractivity contribution < 1.29 is 18.7 Å². The van der Waals surface area contributed by atoms with Gasteiger partial charge in [0.15, 0.2) is 14.1 Å². The zero-order valence-corrected chi connectivity index (χ0v) is 33.0. The Bertz CT molecular complexity index is 1020. The monoisotopic (exact) mass is 632 g/mol. The SMILES string of the molecule is C=C(CO[Si](C)(C)C(C)(C)C)[C@@H](C)C[C@H](C)C/C(C)=C/[C@@H](C)CC[C@H]1OC(C)(C)O[C@H]([C@@H](C)C(=O)C#C[Si](C)(C)C)[C@H]1C. The molecular weight excluding hydrogens is 565 g/mol. The van der Waals surface area contributed by atoms with Crippen molar-refractivity contribution in [3.05, 3.63) is 23.8 Å². The molecule has 1 aliphatic heterocycles. The fourth-order valence-electron chi connectivity index (χ4n) is 5.64. The number of hydrogen-bond donors (Lipinski definition) is 0. The molecule has 0 bridgehead atoms. The van der Waals surface area contributed by atoms with E-state index in [-0.39, 0.29) is 34.9 Å². The van der Waals surface area contributed by atoms with Gasteiger partial charge in [0.05, 0.1) is 24.7 Å². The highest BCUT2D eigenvalue weighted by molar-refractivity contribution is 6.84. The second-order valence-electron chi connectivity index (χ2n) is 16.9. The molecule has 0 aromatic heterocycles. The van der Waals surface area contributed by atoms with E-state index in [1.165, 1.54) is 11.1 Å². The molecule has 0 amide bonds. The van der Waals surface area contributed by atoms with Crippen LogP contribution in [0.5, 0.6) is 0 Å². The first-order chi connectivity index (χ1) is 19.3. The maximum Gasteiger partial charge on any atom is 0.210 e. The second-order valence-corrected chi connectivity index (χ2v) is 26.4. The van der Waals surface area contributed by atoms with Gasteiger partial charge in [0.25, 0.3) is 0 Å². The predicted molar refractivity (Wildman–Crippen MR) is 190 cm³/mol. The van der Waals surface area contributed by atoms with E-state index in [2.05, 4.69) is 112 Å². The molecule has 43 heavy (non-hydrogen) atoms. The van der Waals surface area contributed by atoms with E-state index in [0.717, 1.165) is 25.7 Å². The maximum absolute atomic E-state index is 13.0. The molecule has 0 aromatic rings. The number of ether oxygens (including phenoxy) is 2. The zero-order valence-electron chi connectivity index (χ0n) is 31.0. The van der Waals surface area contributed by atoms with Crippen LogP contribution in [0.3, 0.4) is 0 Å². The summed E-state index contributed by atoms with van der Waals surface area (Å²) in [6.45, 7) is 40.3. The third-order valence-electron chi connectivity index (χ3n) is 9.45. The highest BCUT2D eigenvalue weighted by atomic mass is 28.4. The molecule has 0 unspecified atom stereocenters. The molecule has 7 atom stereocenters. The molecular formula is C37H68O4Si2. The minimum Gasteiger partial charge on any atom is -0.413 e. The Kier molecular flexibility index (Phi) is 14.9. The van der Waals surface area contributed by atoms with Gasteiger partial charge in [-0.15, -0.1) is 5.54 Å². The normalized spacial score (nSPS) is 24.4. The molecule has 1 heterocycles. The van der Waals surface area contributed by atoms with E-state index in [1.807, 2.05) is 20.8 Å². The third kappa shape index (κ3) is 13.9. The molecule has 1 aliphatic rings. The smallest absolute Gasteiger partial charge is 0.210 e. The van der Waals surface area contributed by atoms with Crippen molar-refractivity contribution in [2.24, 2.45) is 29.6 Å². The predicted octanol–water partition coefficient (Wildman–Crippen LogP) is 10.2. The van der Waals surface area contributed by atoms with Crippen LogP contribution in [-0.4, -0.2) is 46.8 Å². The molecule has 1 saturated heterocycles. The van der Waals surface area contributed by atoms with E-state index >= 15 is 0 Å². The van der Waals surface area contributed by atoms with Crippen LogP contribution >= 0.6 is 0 Å². The number of rotatable bonds is 14. The molecule has 0 saturated carbocycles. The molecule has 6 heteroatoms. The number of carbonyl (C=O) groups is 1. The molecule has 0 N–H and O–H groups in total. The fourth-order valence-corrected chi connectivity index (χ4v) is 7.11. The molecule has 1 rings (SSSR count). The summed E-state index contributed by atoms with van der Waals surface area (Å²) < 4.78 is 19.2. The van der Waals surface area contributed by atoms with E-state index < -0.39 is 22.2 Å². The topological polar surface area (TPSA) is 44.8 Å². The van der Waals surface area contributed by atoms with Crippen molar-refractivity contribution in [1.29, 1.82) is 0 Å². The van der Waals surface area contributed by atoms with Crippen molar-refractivity contribution in [2.75, 3.05) is 6.61 Å². The summed E-state index contributed by atoms with van der Waals surface area (Å²) in [7, 11) is -3.37. The van der Waals surface area contributed by atoms with E-state index in [1.54, 1.807) is 0 Å². The van der Waals surface area contributed by atoms with Gasteiger partial charge in [-0.3, -0.25) is 4.79 Å². The van der Waals surface area contributed by atoms with Gasteiger partial charge in [0.1, 0.15) is 8.07 Å². The van der Waals surface area contributed by atoms with Crippen LogP contribution in [0, 0.1) is 41.1 Å². The van der Waals surface area contributed by atoms with Crippen molar-refractivity contribution in [3.8, 4) is 11.5 Å². The lowest BCUT2D eigenvalue weighted by molar-refractivity contribution is -0.325. The summed E-state index contributed by atoms with van der Waals surface area (Å²) in [6.07, 6.45) is 6.50. The van der Waals surface area contributed by atoms with E-state index in [4.69, 9.17) is 13.9 Å². The van der Waals surface area contributed by atoms with Crippen LogP contribution in [0.2, 0.25) is 37.8 Å². The van der Waals surface area contributed by atoms with Crippen LogP contribution in [0.4, 0.5) is 0 Å². The summed E-state index contributed by atoms with van der Waals surface area (Å²) in [5.74, 6) is 3.54. The fraction of sp³-hybridized carbons (Fsp3) is 0.811. The Balaban J connectivity index is 2.70. The van der Waals surface area contributed by atoms with Gasteiger partial charge >= 0.3 is 0 Å². The van der Waals surface area contributed by atoms with Crippen molar-refractivity contribution >= 4 is 22.2 Å². The van der Waals surface area contributed by atoms with E-state index in [9.17, 15) is 4.79 Å². The van der Waals surface area contributed by atoms with Gasteiger partial charge in [0.2, 0.25) is 5.78 Å². The molecule has 0 spiro atoms. The van der Waals surface area contributed by atoms with Gasteiger partial charge in [-0.25, -0.2) is 0 Å². The lowest BCUT2D eigenvalue weighted by Gasteiger charge is -2.46. The first kappa shape index (κ1) is 40.0. The van der Waals surface area contributed by atoms with Gasteiger partial charge in [-0.1, -0.05) is 98.8 Å². The first-order valence-corrected chi connectivity index (χ1v) is 23.2. The highest BCUT2D eigenvalue weighted by Gasteiger charge is 2.44. The minimum atomic E-state index is -1.76. The third-order valence-corrected chi connectivity index (χ3v) is 14.8. The summed E-state index contributed by atoms with van der Waals surface area (Å²) in [5, 5.41) is 0.217. The van der Waals surface area contributed by atoms with Gasteiger partial charge in [-0.2, -0.15) is 0 Å². The quantitative estimate of drug-likeness (QED) is 0.109. The Hall–Kier alpha value is -0.976. The summed E-state index contributed by atoms with van der Waals surface area (Å²) >= 11 is 0. The zero-order chi connectivity index (χ0) is 33.6.